The summed E-state index contributed by atoms with van der Waals surface area (Å²) in [5.74, 6) is -2.24. The van der Waals surface area contributed by atoms with Gasteiger partial charge in [0.1, 0.15) is 5.76 Å². The van der Waals surface area contributed by atoms with E-state index in [1.165, 1.54) is 24.3 Å². The molecule has 6 nitrogen and oxygen atoms in total. The molecule has 0 aliphatic rings. The van der Waals surface area contributed by atoms with Gasteiger partial charge in [0.25, 0.3) is 0 Å². The van der Waals surface area contributed by atoms with Gasteiger partial charge in [-0.15, -0.1) is 0 Å². The molecule has 19 heavy (non-hydrogen) atoms. The normalized spacial score (nSPS) is 10.1. The molecule has 1 aromatic carbocycles. The molecule has 2 N–H and O–H groups in total. The van der Waals surface area contributed by atoms with Crippen molar-refractivity contribution in [2.75, 3.05) is 0 Å². The van der Waals surface area contributed by atoms with Crippen LogP contribution in [0.2, 0.25) is 0 Å². The Hall–Kier alpha value is -2.89. The molecule has 0 saturated heterocycles. The van der Waals surface area contributed by atoms with Crippen LogP contribution in [0, 0.1) is 0 Å². The number of aldehydes is 1. The van der Waals surface area contributed by atoms with Crippen molar-refractivity contribution in [1.29, 1.82) is 0 Å². The molecule has 0 saturated carbocycles. The Bertz CT molecular complexity index is 668. The molecular formula is C13H8O6. The fourth-order valence-electron chi connectivity index (χ4n) is 1.63. The van der Waals surface area contributed by atoms with Crippen LogP contribution < -0.4 is 0 Å². The predicted octanol–water partition coefficient (Wildman–Crippen LogP) is 2.16. The van der Waals surface area contributed by atoms with E-state index in [4.69, 9.17) is 14.6 Å². The highest BCUT2D eigenvalue weighted by Crippen LogP contribution is 2.26. The number of carboxylic acid groups (broad SMARTS) is 2. The first kappa shape index (κ1) is 12.6. The quantitative estimate of drug-likeness (QED) is 0.816. The van der Waals surface area contributed by atoms with Crippen molar-refractivity contribution in [2.24, 2.45) is 0 Å². The molecular weight excluding hydrogens is 252 g/mol. The lowest BCUT2D eigenvalue weighted by Crippen LogP contribution is -2.04. The van der Waals surface area contributed by atoms with Gasteiger partial charge in [-0.3, -0.25) is 4.79 Å². The smallest absolute Gasteiger partial charge is 0.336 e. The standard InChI is InChI=1S/C13H8O6/c14-6-8-2-4-11(19-8)9-3-1-7(12(15)16)5-10(9)13(17)18/h1-6H,(H,15,16)(H,17,18). The molecule has 0 amide bonds. The van der Waals surface area contributed by atoms with E-state index in [2.05, 4.69) is 0 Å². The highest BCUT2D eigenvalue weighted by atomic mass is 16.4. The molecule has 2 rings (SSSR count). The molecule has 1 aromatic heterocycles. The number of carbonyl (C=O) groups excluding carboxylic acids is 1. The maximum absolute atomic E-state index is 11.1. The van der Waals surface area contributed by atoms with Gasteiger partial charge in [-0.1, -0.05) is 0 Å². The van der Waals surface area contributed by atoms with Crippen LogP contribution in [0.3, 0.4) is 0 Å². The summed E-state index contributed by atoms with van der Waals surface area (Å²) in [6, 6.07) is 6.50. The maximum Gasteiger partial charge on any atom is 0.336 e. The van der Waals surface area contributed by atoms with Crippen molar-refractivity contribution in [3.63, 3.8) is 0 Å². The third-order valence-corrected chi connectivity index (χ3v) is 2.51. The van der Waals surface area contributed by atoms with Crippen molar-refractivity contribution in [3.8, 4) is 11.3 Å². The second-order valence-corrected chi connectivity index (χ2v) is 3.69. The summed E-state index contributed by atoms with van der Waals surface area (Å²) < 4.78 is 5.13. The van der Waals surface area contributed by atoms with Crippen LogP contribution in [-0.2, 0) is 0 Å². The Kier molecular flexibility index (Phi) is 3.15. The lowest BCUT2D eigenvalue weighted by atomic mass is 10.0. The minimum Gasteiger partial charge on any atom is -0.478 e. The fourth-order valence-corrected chi connectivity index (χ4v) is 1.63. The minimum atomic E-state index is -1.28. The molecule has 0 unspecified atom stereocenters. The van der Waals surface area contributed by atoms with Crippen LogP contribution in [0.15, 0.2) is 34.7 Å². The second kappa shape index (κ2) is 4.77. The average molecular weight is 260 g/mol. The van der Waals surface area contributed by atoms with Gasteiger partial charge >= 0.3 is 11.9 Å². The third-order valence-electron chi connectivity index (χ3n) is 2.51. The van der Waals surface area contributed by atoms with Crippen LogP contribution in [0.25, 0.3) is 11.3 Å². The van der Waals surface area contributed by atoms with E-state index in [1.54, 1.807) is 0 Å². The van der Waals surface area contributed by atoms with E-state index in [-0.39, 0.29) is 28.2 Å². The van der Waals surface area contributed by atoms with Crippen molar-refractivity contribution in [2.45, 2.75) is 0 Å². The van der Waals surface area contributed by atoms with Crippen molar-refractivity contribution in [3.05, 3.63) is 47.2 Å². The van der Waals surface area contributed by atoms with Gasteiger partial charge in [0.05, 0.1) is 11.1 Å². The Balaban J connectivity index is 2.59. The summed E-state index contributed by atoms with van der Waals surface area (Å²) >= 11 is 0. The van der Waals surface area contributed by atoms with Gasteiger partial charge < -0.3 is 14.6 Å². The fraction of sp³-hybridized carbons (Fsp3) is 0. The van der Waals surface area contributed by atoms with Crippen LogP contribution in [-0.4, -0.2) is 28.4 Å². The number of hydrogen-bond acceptors (Lipinski definition) is 4. The van der Waals surface area contributed by atoms with Crippen LogP contribution in [0.4, 0.5) is 0 Å². The summed E-state index contributed by atoms with van der Waals surface area (Å²) in [6.07, 6.45) is 0.496. The lowest BCUT2D eigenvalue weighted by Gasteiger charge is -2.04. The second-order valence-electron chi connectivity index (χ2n) is 3.69. The van der Waals surface area contributed by atoms with Gasteiger partial charge in [-0.25, -0.2) is 9.59 Å². The monoisotopic (exact) mass is 260 g/mol. The van der Waals surface area contributed by atoms with Crippen molar-refractivity contribution >= 4 is 18.2 Å². The lowest BCUT2D eigenvalue weighted by molar-refractivity contribution is 0.0696. The van der Waals surface area contributed by atoms with E-state index >= 15 is 0 Å². The molecule has 0 bridgehead atoms. The first-order valence-corrected chi connectivity index (χ1v) is 5.19. The summed E-state index contributed by atoms with van der Waals surface area (Å²) in [4.78, 5) is 32.5. The van der Waals surface area contributed by atoms with E-state index < -0.39 is 11.9 Å². The van der Waals surface area contributed by atoms with Crippen LogP contribution >= 0.6 is 0 Å². The van der Waals surface area contributed by atoms with E-state index in [0.717, 1.165) is 6.07 Å². The first-order valence-electron chi connectivity index (χ1n) is 5.19. The van der Waals surface area contributed by atoms with Gasteiger partial charge in [0, 0.05) is 5.56 Å². The van der Waals surface area contributed by atoms with Gasteiger partial charge in [-0.2, -0.15) is 0 Å². The molecule has 0 aliphatic carbocycles. The zero-order chi connectivity index (χ0) is 14.0. The largest absolute Gasteiger partial charge is 0.478 e. The minimum absolute atomic E-state index is 0.0636. The summed E-state index contributed by atoms with van der Waals surface area (Å²) in [6.45, 7) is 0. The Labute approximate surface area is 106 Å². The zero-order valence-electron chi connectivity index (χ0n) is 9.49. The number of rotatable bonds is 4. The Morgan fingerprint density at radius 2 is 1.79 bits per heavy atom. The topological polar surface area (TPSA) is 105 Å². The molecule has 1 heterocycles. The van der Waals surface area contributed by atoms with E-state index in [1.807, 2.05) is 0 Å². The van der Waals surface area contributed by atoms with Gasteiger partial charge in [-0.05, 0) is 30.3 Å². The first-order chi connectivity index (χ1) is 9.02. The summed E-state index contributed by atoms with van der Waals surface area (Å²) in [7, 11) is 0. The zero-order valence-corrected chi connectivity index (χ0v) is 9.49. The van der Waals surface area contributed by atoms with Crippen molar-refractivity contribution < 1.29 is 29.0 Å². The molecule has 96 valence electrons. The van der Waals surface area contributed by atoms with Gasteiger partial charge in [0.2, 0.25) is 0 Å². The van der Waals surface area contributed by atoms with E-state index in [9.17, 15) is 14.4 Å². The number of aromatic carboxylic acids is 2. The Morgan fingerprint density at radius 1 is 1.05 bits per heavy atom. The predicted molar refractivity (Wildman–Crippen MR) is 63.5 cm³/mol. The summed E-state index contributed by atoms with van der Waals surface area (Å²) in [5, 5.41) is 17.9. The maximum atomic E-state index is 11.1. The molecule has 2 aromatic rings. The van der Waals surface area contributed by atoms with Crippen molar-refractivity contribution in [1.82, 2.24) is 0 Å². The summed E-state index contributed by atoms with van der Waals surface area (Å²) in [5.41, 5.74) is -0.124. The Morgan fingerprint density at radius 3 is 2.32 bits per heavy atom. The molecule has 0 atom stereocenters. The molecule has 0 spiro atoms. The highest BCUT2D eigenvalue weighted by Gasteiger charge is 2.17. The van der Waals surface area contributed by atoms with E-state index in [0.29, 0.717) is 6.29 Å². The van der Waals surface area contributed by atoms with Gasteiger partial charge in [0.15, 0.2) is 12.0 Å². The SMILES string of the molecule is O=Cc1ccc(-c2ccc(C(=O)O)cc2C(=O)O)o1. The number of carbonyl (C=O) groups is 3. The van der Waals surface area contributed by atoms with Crippen LogP contribution in [0.1, 0.15) is 31.3 Å². The third kappa shape index (κ3) is 2.37. The molecule has 0 fully saturated rings. The van der Waals surface area contributed by atoms with Crippen LogP contribution in [0.5, 0.6) is 0 Å². The number of hydrogen-bond donors (Lipinski definition) is 2. The molecule has 6 heteroatoms. The number of benzene rings is 1. The molecule has 0 radical (unpaired) electrons. The molecule has 0 aliphatic heterocycles. The highest BCUT2D eigenvalue weighted by molar-refractivity contribution is 5.99. The number of furan rings is 1. The average Bonchev–Trinajstić information content (AvgIpc) is 2.86. The number of carboxylic acids is 2.